The van der Waals surface area contributed by atoms with Gasteiger partial charge in [-0.2, -0.15) is 0 Å². The number of carbonyl (C=O) groups is 3. The van der Waals surface area contributed by atoms with E-state index in [1.165, 1.54) is 0 Å². The fraction of sp³-hybridized carbons (Fsp3) is 0.833. The van der Waals surface area contributed by atoms with Crippen molar-refractivity contribution in [3.05, 3.63) is 12.2 Å². The van der Waals surface area contributed by atoms with Gasteiger partial charge in [0.2, 0.25) is 0 Å². The number of aliphatic hydroxyl groups is 1. The number of carbonyl (C=O) groups excluding carboxylic acids is 1. The molecule has 6 nitrogen and oxygen atoms in total. The largest absolute Gasteiger partial charge is 0.481 e. The highest BCUT2D eigenvalue weighted by molar-refractivity contribution is 5.86. The summed E-state index contributed by atoms with van der Waals surface area (Å²) in [6, 6.07) is 0. The van der Waals surface area contributed by atoms with Crippen LogP contribution in [-0.2, 0) is 14.4 Å². The van der Waals surface area contributed by atoms with E-state index in [1.54, 1.807) is 0 Å². The first-order valence-electron chi connectivity index (χ1n) is 13.9. The van der Waals surface area contributed by atoms with Gasteiger partial charge >= 0.3 is 11.9 Å². The summed E-state index contributed by atoms with van der Waals surface area (Å²) in [5.74, 6) is -2.08. The van der Waals surface area contributed by atoms with E-state index >= 15 is 0 Å². The summed E-state index contributed by atoms with van der Waals surface area (Å²) in [5, 5.41) is 33.3. The standard InChI is InChI=1S/C30H44O6/c1-16(2)17-9-12-29(24(33)34)13-14-30(25(35)36)18(22(17)29)7-8-20-27(5)11-10-21(32)26(3,4)23(27)19(31)15-28(20,30)6/h17-20,22-23,31H,1,7-15H2,2-6H3,(H,33,34)(H,35,36)/t17-,18-,19-,20+,22+,23+,27+,28+,29-,30+/m0/s1. The zero-order valence-corrected chi connectivity index (χ0v) is 22.6. The molecule has 0 radical (unpaired) electrons. The lowest BCUT2D eigenvalue weighted by Gasteiger charge is -2.72. The van der Waals surface area contributed by atoms with E-state index in [9.17, 15) is 29.7 Å². The number of carboxylic acids is 2. The molecular weight excluding hydrogens is 456 g/mol. The van der Waals surface area contributed by atoms with Crippen LogP contribution in [0.4, 0.5) is 0 Å². The molecule has 0 aliphatic heterocycles. The molecule has 0 saturated heterocycles. The van der Waals surface area contributed by atoms with Crippen molar-refractivity contribution in [1.29, 1.82) is 0 Å². The van der Waals surface area contributed by atoms with Gasteiger partial charge in [0.1, 0.15) is 5.78 Å². The van der Waals surface area contributed by atoms with Gasteiger partial charge in [0.25, 0.3) is 0 Å². The summed E-state index contributed by atoms with van der Waals surface area (Å²) < 4.78 is 0. The molecule has 6 heteroatoms. The highest BCUT2D eigenvalue weighted by Gasteiger charge is 2.76. The Balaban J connectivity index is 1.67. The summed E-state index contributed by atoms with van der Waals surface area (Å²) >= 11 is 0. The summed E-state index contributed by atoms with van der Waals surface area (Å²) in [6.45, 7) is 14.4. The topological polar surface area (TPSA) is 112 Å². The Bertz CT molecular complexity index is 1030. The number of allylic oxidation sites excluding steroid dienone is 1. The Morgan fingerprint density at radius 3 is 2.19 bits per heavy atom. The normalized spacial score (nSPS) is 51.3. The van der Waals surface area contributed by atoms with E-state index in [2.05, 4.69) is 20.4 Å². The van der Waals surface area contributed by atoms with E-state index in [1.807, 2.05) is 20.8 Å². The summed E-state index contributed by atoms with van der Waals surface area (Å²) in [4.78, 5) is 39.3. The molecule has 5 rings (SSSR count). The van der Waals surface area contributed by atoms with Crippen molar-refractivity contribution >= 4 is 17.7 Å². The van der Waals surface area contributed by atoms with Gasteiger partial charge < -0.3 is 15.3 Å². The van der Waals surface area contributed by atoms with Gasteiger partial charge in [0.05, 0.1) is 16.9 Å². The molecule has 0 aromatic heterocycles. The lowest BCUT2D eigenvalue weighted by molar-refractivity contribution is -0.264. The maximum atomic E-state index is 13.6. The first-order chi connectivity index (χ1) is 16.6. The fourth-order valence-corrected chi connectivity index (χ4v) is 11.6. The molecule has 5 aliphatic carbocycles. The Hall–Kier alpha value is -1.69. The molecule has 0 amide bonds. The van der Waals surface area contributed by atoms with E-state index in [0.29, 0.717) is 44.9 Å². The van der Waals surface area contributed by atoms with E-state index in [-0.39, 0.29) is 40.8 Å². The predicted molar refractivity (Wildman–Crippen MR) is 135 cm³/mol. The van der Waals surface area contributed by atoms with Crippen molar-refractivity contribution < 1.29 is 29.7 Å². The van der Waals surface area contributed by atoms with E-state index in [4.69, 9.17) is 0 Å². The highest BCUT2D eigenvalue weighted by Crippen LogP contribution is 2.77. The molecule has 5 aliphatic rings. The lowest BCUT2D eigenvalue weighted by atomic mass is 9.31. The van der Waals surface area contributed by atoms with Crippen LogP contribution >= 0.6 is 0 Å². The minimum absolute atomic E-state index is 0.00774. The SMILES string of the molecule is C=C(C)[C@@H]1CC[C@]2(C(=O)O)CC[C@]3(C(=O)O)[C@@H](CC[C@@H]4[C@@]5(C)CCC(=O)C(C)(C)[C@H]5[C@@H](O)C[C@]43C)[C@@H]12. The van der Waals surface area contributed by atoms with Crippen LogP contribution in [0, 0.1) is 56.7 Å². The third-order valence-electron chi connectivity index (χ3n) is 12.9. The van der Waals surface area contributed by atoms with Crippen molar-refractivity contribution in [1.82, 2.24) is 0 Å². The minimum Gasteiger partial charge on any atom is -0.481 e. The Morgan fingerprint density at radius 2 is 1.61 bits per heavy atom. The number of hydrogen-bond donors (Lipinski definition) is 3. The average molecular weight is 501 g/mol. The van der Waals surface area contributed by atoms with Gasteiger partial charge in [0.15, 0.2) is 0 Å². The molecule has 200 valence electrons. The molecule has 0 unspecified atom stereocenters. The fourth-order valence-electron chi connectivity index (χ4n) is 11.6. The minimum atomic E-state index is -1.10. The average Bonchev–Trinajstić information content (AvgIpc) is 3.17. The maximum absolute atomic E-state index is 13.6. The van der Waals surface area contributed by atoms with Gasteiger partial charge in [-0.05, 0) is 92.8 Å². The van der Waals surface area contributed by atoms with Crippen LogP contribution < -0.4 is 0 Å². The number of ketones is 1. The third-order valence-corrected chi connectivity index (χ3v) is 12.9. The lowest BCUT2D eigenvalue weighted by Crippen LogP contribution is -2.72. The zero-order valence-electron chi connectivity index (χ0n) is 22.6. The third kappa shape index (κ3) is 2.80. The van der Waals surface area contributed by atoms with Gasteiger partial charge in [-0.3, -0.25) is 14.4 Å². The van der Waals surface area contributed by atoms with Gasteiger partial charge in [-0.25, -0.2) is 0 Å². The molecule has 0 bridgehead atoms. The second kappa shape index (κ2) is 7.68. The van der Waals surface area contributed by atoms with Crippen molar-refractivity contribution in [2.75, 3.05) is 0 Å². The van der Waals surface area contributed by atoms with Crippen LogP contribution in [0.3, 0.4) is 0 Å². The second-order valence-corrected chi connectivity index (χ2v) is 14.3. The van der Waals surface area contributed by atoms with Crippen molar-refractivity contribution in [2.45, 2.75) is 98.5 Å². The number of fused-ring (bicyclic) bond motifs is 7. The maximum Gasteiger partial charge on any atom is 0.310 e. The van der Waals surface area contributed by atoms with Gasteiger partial charge in [0, 0.05) is 17.8 Å². The Morgan fingerprint density at radius 1 is 0.944 bits per heavy atom. The molecule has 0 aromatic rings. The Kier molecular flexibility index (Phi) is 5.53. The molecule has 36 heavy (non-hydrogen) atoms. The molecule has 5 saturated carbocycles. The van der Waals surface area contributed by atoms with Crippen LogP contribution in [0.25, 0.3) is 0 Å². The first kappa shape index (κ1) is 25.9. The van der Waals surface area contributed by atoms with Crippen molar-refractivity contribution in [3.63, 3.8) is 0 Å². The molecule has 0 aromatic carbocycles. The zero-order chi connectivity index (χ0) is 26.6. The first-order valence-corrected chi connectivity index (χ1v) is 13.9. The molecule has 10 atom stereocenters. The summed E-state index contributed by atoms with van der Waals surface area (Å²) in [6.07, 6.45) is 4.24. The summed E-state index contributed by atoms with van der Waals surface area (Å²) in [5.41, 5.74) is -2.71. The predicted octanol–water partition coefficient (Wildman–Crippen LogP) is 5.33. The number of Topliss-reactive ketones (excluding diaryl/α,β-unsaturated/α-hetero) is 1. The smallest absolute Gasteiger partial charge is 0.310 e. The van der Waals surface area contributed by atoms with Crippen LogP contribution in [0.2, 0.25) is 0 Å². The molecular formula is C30H44O6. The van der Waals surface area contributed by atoms with E-state index in [0.717, 1.165) is 18.4 Å². The quantitative estimate of drug-likeness (QED) is 0.452. The monoisotopic (exact) mass is 500 g/mol. The van der Waals surface area contributed by atoms with Crippen LogP contribution in [0.15, 0.2) is 12.2 Å². The molecule has 5 fully saturated rings. The highest BCUT2D eigenvalue weighted by atomic mass is 16.4. The molecule has 3 N–H and O–H groups in total. The van der Waals surface area contributed by atoms with Crippen molar-refractivity contribution in [3.8, 4) is 0 Å². The number of carboxylic acid groups (broad SMARTS) is 2. The number of aliphatic carboxylic acids is 2. The van der Waals surface area contributed by atoms with Crippen LogP contribution in [0.5, 0.6) is 0 Å². The number of rotatable bonds is 3. The van der Waals surface area contributed by atoms with Crippen LogP contribution in [-0.4, -0.2) is 39.1 Å². The second-order valence-electron chi connectivity index (χ2n) is 14.3. The van der Waals surface area contributed by atoms with E-state index < -0.39 is 39.7 Å². The van der Waals surface area contributed by atoms with Gasteiger partial charge in [-0.1, -0.05) is 39.8 Å². The molecule has 0 heterocycles. The van der Waals surface area contributed by atoms with Crippen LogP contribution in [0.1, 0.15) is 92.4 Å². The summed E-state index contributed by atoms with van der Waals surface area (Å²) in [7, 11) is 0. The van der Waals surface area contributed by atoms with Crippen molar-refractivity contribution in [2.24, 2.45) is 56.7 Å². The van der Waals surface area contributed by atoms with Gasteiger partial charge in [-0.15, -0.1) is 0 Å². The molecule has 0 spiro atoms. The Labute approximate surface area is 214 Å². The number of hydrogen-bond acceptors (Lipinski definition) is 4. The number of aliphatic hydroxyl groups excluding tert-OH is 1.